The largest absolute Gasteiger partial charge is 0.353 e. The lowest BCUT2D eigenvalue weighted by Crippen LogP contribution is -2.19. The Balaban J connectivity index is 1.96. The molecular weight excluding hydrogens is 304 g/mol. The van der Waals surface area contributed by atoms with Crippen molar-refractivity contribution in [1.82, 2.24) is 9.38 Å². The van der Waals surface area contributed by atoms with Gasteiger partial charge in [0.1, 0.15) is 5.65 Å². The molecule has 0 radical (unpaired) electrons. The van der Waals surface area contributed by atoms with Gasteiger partial charge in [0, 0.05) is 24.5 Å². The molecule has 3 heterocycles. The average molecular weight is 321 g/mol. The van der Waals surface area contributed by atoms with Crippen molar-refractivity contribution in [2.45, 2.75) is 13.0 Å². The maximum Gasteiger partial charge on any atom is 0.151 e. The third-order valence-electron chi connectivity index (χ3n) is 3.37. The predicted octanol–water partition coefficient (Wildman–Crippen LogP) is 3.19. The molecule has 0 aromatic carbocycles. The number of anilines is 1. The minimum atomic E-state index is 0.606. The normalized spacial score (nSPS) is 11.2. The Morgan fingerprint density at radius 2 is 2.19 bits per heavy atom. The quantitative estimate of drug-likeness (QED) is 0.785. The van der Waals surface area contributed by atoms with Gasteiger partial charge >= 0.3 is 0 Å². The number of rotatable bonds is 5. The van der Waals surface area contributed by atoms with Crippen LogP contribution in [-0.2, 0) is 13.0 Å². The predicted molar refractivity (Wildman–Crippen MR) is 89.4 cm³/mol. The fraction of sp³-hybridized carbons (Fsp3) is 0.267. The number of thiophene rings is 1. The molecule has 0 atom stereocenters. The van der Waals surface area contributed by atoms with Gasteiger partial charge in [0.2, 0.25) is 0 Å². The molecule has 21 heavy (non-hydrogen) atoms. The van der Waals surface area contributed by atoms with Crippen LogP contribution in [-0.4, -0.2) is 23.0 Å². The van der Waals surface area contributed by atoms with E-state index in [-0.39, 0.29) is 0 Å². The van der Waals surface area contributed by atoms with E-state index < -0.39 is 0 Å². The summed E-state index contributed by atoms with van der Waals surface area (Å²) in [6.07, 6.45) is 2.84. The molecular formula is C15H17ClN4S. The second-order valence-electron chi connectivity index (χ2n) is 4.91. The minimum absolute atomic E-state index is 0.606. The number of hydrogen-bond acceptors (Lipinski definition) is 4. The number of nitrogens with zero attached hydrogens (tertiary/aromatic N) is 3. The highest BCUT2D eigenvalue weighted by Crippen LogP contribution is 2.26. The van der Waals surface area contributed by atoms with Crippen molar-refractivity contribution in [1.29, 1.82) is 0 Å². The van der Waals surface area contributed by atoms with Crippen LogP contribution in [0.3, 0.4) is 0 Å². The van der Waals surface area contributed by atoms with Crippen LogP contribution >= 0.6 is 22.9 Å². The van der Waals surface area contributed by atoms with Crippen LogP contribution in [0.4, 0.5) is 5.82 Å². The summed E-state index contributed by atoms with van der Waals surface area (Å²) in [4.78, 5) is 8.11. The summed E-state index contributed by atoms with van der Waals surface area (Å²) >= 11 is 7.60. The van der Waals surface area contributed by atoms with Gasteiger partial charge in [-0.05, 0) is 30.8 Å². The van der Waals surface area contributed by atoms with Crippen LogP contribution in [0, 0.1) is 0 Å². The van der Waals surface area contributed by atoms with Gasteiger partial charge in [-0.1, -0.05) is 17.7 Å². The maximum atomic E-state index is 6.00. The van der Waals surface area contributed by atoms with Gasteiger partial charge in [-0.25, -0.2) is 4.98 Å². The average Bonchev–Trinajstić information content (AvgIpc) is 3.04. The van der Waals surface area contributed by atoms with Crippen LogP contribution in [0.5, 0.6) is 0 Å². The molecule has 0 aliphatic rings. The highest BCUT2D eigenvalue weighted by atomic mass is 35.5. The van der Waals surface area contributed by atoms with Crippen LogP contribution in [0.1, 0.15) is 10.6 Å². The summed E-state index contributed by atoms with van der Waals surface area (Å²) in [5.74, 6) is 0.983. The molecule has 0 spiro atoms. The molecule has 0 aliphatic heterocycles. The summed E-state index contributed by atoms with van der Waals surface area (Å²) in [5, 5.41) is 0. The van der Waals surface area contributed by atoms with Crippen molar-refractivity contribution in [3.8, 4) is 0 Å². The molecule has 110 valence electrons. The molecule has 4 nitrogen and oxygen atoms in total. The van der Waals surface area contributed by atoms with Crippen molar-refractivity contribution < 1.29 is 0 Å². The van der Waals surface area contributed by atoms with E-state index in [9.17, 15) is 0 Å². The Bertz CT molecular complexity index is 749. The minimum Gasteiger partial charge on any atom is -0.353 e. The molecule has 0 fully saturated rings. The number of hydrogen-bond donors (Lipinski definition) is 1. The Labute approximate surface area is 132 Å². The van der Waals surface area contributed by atoms with Crippen LogP contribution in [0.25, 0.3) is 5.65 Å². The van der Waals surface area contributed by atoms with E-state index in [4.69, 9.17) is 22.3 Å². The molecule has 0 saturated carbocycles. The zero-order valence-electron chi connectivity index (χ0n) is 11.8. The first-order valence-corrected chi connectivity index (χ1v) is 8.00. The molecule has 0 bridgehead atoms. The maximum absolute atomic E-state index is 6.00. The first-order chi connectivity index (χ1) is 10.2. The number of pyridine rings is 1. The van der Waals surface area contributed by atoms with Gasteiger partial charge in [-0.3, -0.25) is 0 Å². The standard InChI is InChI=1S/C15H17ClN4S/c1-19(10-11-5-6-13(16)21-11)15-12(7-8-17)20-9-3-2-4-14(20)18-15/h2-6,9H,7-8,10,17H2,1H3. The third kappa shape index (κ3) is 2.90. The molecule has 3 aromatic rings. The molecule has 0 amide bonds. The Morgan fingerprint density at radius 1 is 1.33 bits per heavy atom. The molecule has 0 aliphatic carbocycles. The van der Waals surface area contributed by atoms with Gasteiger partial charge in [0.15, 0.2) is 5.82 Å². The summed E-state index contributed by atoms with van der Waals surface area (Å²) < 4.78 is 2.93. The van der Waals surface area contributed by atoms with Crippen molar-refractivity contribution >= 4 is 34.4 Å². The third-order valence-corrected chi connectivity index (χ3v) is 4.59. The Kier molecular flexibility index (Phi) is 4.14. The summed E-state index contributed by atoms with van der Waals surface area (Å²) in [5.41, 5.74) is 7.86. The van der Waals surface area contributed by atoms with Gasteiger partial charge in [0.25, 0.3) is 0 Å². The first kappa shape index (κ1) is 14.4. The highest BCUT2D eigenvalue weighted by Gasteiger charge is 2.15. The van der Waals surface area contributed by atoms with Crippen LogP contribution in [0.2, 0.25) is 4.34 Å². The summed E-state index contributed by atoms with van der Waals surface area (Å²) in [7, 11) is 2.05. The molecule has 0 saturated heterocycles. The Hall–Kier alpha value is -1.56. The highest BCUT2D eigenvalue weighted by molar-refractivity contribution is 7.16. The van der Waals surface area contributed by atoms with E-state index in [1.165, 1.54) is 4.88 Å². The van der Waals surface area contributed by atoms with Crippen LogP contribution in [0.15, 0.2) is 36.5 Å². The number of nitrogens with two attached hydrogens (primary N) is 1. The monoisotopic (exact) mass is 320 g/mol. The van der Waals surface area contributed by atoms with E-state index in [0.29, 0.717) is 6.54 Å². The van der Waals surface area contributed by atoms with Gasteiger partial charge in [0.05, 0.1) is 16.6 Å². The van der Waals surface area contributed by atoms with Crippen molar-refractivity contribution in [3.05, 3.63) is 51.4 Å². The zero-order valence-corrected chi connectivity index (χ0v) is 13.4. The van der Waals surface area contributed by atoms with E-state index >= 15 is 0 Å². The number of aromatic nitrogens is 2. The molecule has 3 rings (SSSR count). The van der Waals surface area contributed by atoms with Crippen LogP contribution < -0.4 is 10.6 Å². The summed E-state index contributed by atoms with van der Waals surface area (Å²) in [6.45, 7) is 1.40. The lowest BCUT2D eigenvalue weighted by molar-refractivity contribution is 0.863. The van der Waals surface area contributed by atoms with E-state index in [1.54, 1.807) is 11.3 Å². The van der Waals surface area contributed by atoms with Gasteiger partial charge in [-0.2, -0.15) is 0 Å². The smallest absolute Gasteiger partial charge is 0.151 e. The van der Waals surface area contributed by atoms with Crippen molar-refractivity contribution in [2.75, 3.05) is 18.5 Å². The zero-order chi connectivity index (χ0) is 14.8. The summed E-state index contributed by atoms with van der Waals surface area (Å²) in [6, 6.07) is 10.0. The fourth-order valence-corrected chi connectivity index (χ4v) is 3.60. The SMILES string of the molecule is CN(Cc1ccc(Cl)s1)c1nc2ccccn2c1CCN. The van der Waals surface area contributed by atoms with Gasteiger partial charge < -0.3 is 15.0 Å². The van der Waals surface area contributed by atoms with Crippen molar-refractivity contribution in [2.24, 2.45) is 5.73 Å². The second-order valence-corrected chi connectivity index (χ2v) is 6.71. The molecule has 0 unspecified atom stereocenters. The molecule has 3 aromatic heterocycles. The Morgan fingerprint density at radius 3 is 2.90 bits per heavy atom. The lowest BCUT2D eigenvalue weighted by atomic mass is 10.3. The lowest BCUT2D eigenvalue weighted by Gasteiger charge is -2.17. The number of halogens is 1. The molecule has 6 heteroatoms. The van der Waals surface area contributed by atoms with Crippen molar-refractivity contribution in [3.63, 3.8) is 0 Å². The first-order valence-electron chi connectivity index (χ1n) is 6.80. The second kappa shape index (κ2) is 6.05. The fourth-order valence-electron chi connectivity index (χ4n) is 2.45. The number of imidazole rings is 1. The number of fused-ring (bicyclic) bond motifs is 1. The van der Waals surface area contributed by atoms with E-state index in [2.05, 4.69) is 22.4 Å². The topological polar surface area (TPSA) is 46.6 Å². The van der Waals surface area contributed by atoms with E-state index in [1.807, 2.05) is 30.5 Å². The van der Waals surface area contributed by atoms with E-state index in [0.717, 1.165) is 34.5 Å². The molecule has 2 N–H and O–H groups in total. The van der Waals surface area contributed by atoms with Gasteiger partial charge in [-0.15, -0.1) is 11.3 Å².